The van der Waals surface area contributed by atoms with Crippen molar-refractivity contribution in [3.8, 4) is 0 Å². The number of nitrogens with two attached hydrogens (primary N) is 2. The number of hydrogen-bond acceptors (Lipinski definition) is 8. The van der Waals surface area contributed by atoms with Gasteiger partial charge in [-0.05, 0) is 44.4 Å². The maximum atomic E-state index is 13.4. The molecule has 0 saturated carbocycles. The Kier molecular flexibility index (Phi) is 11.8. The number of aliphatic hydroxyl groups is 1. The molecule has 0 spiro atoms. The van der Waals surface area contributed by atoms with E-state index in [1.54, 1.807) is 6.20 Å². The number of para-hydroxylation sites is 1. The molecule has 39 heavy (non-hydrogen) atoms. The van der Waals surface area contributed by atoms with Crippen molar-refractivity contribution >= 4 is 40.6 Å². The molecule has 1 aromatic heterocycles. The van der Waals surface area contributed by atoms with Crippen LogP contribution in [0.2, 0.25) is 0 Å². The third-order valence-electron chi connectivity index (χ3n) is 6.13. The van der Waals surface area contributed by atoms with Gasteiger partial charge in [-0.25, -0.2) is 4.79 Å². The molecule has 14 heteroatoms. The number of unbranched alkanes of at least 4 members (excludes halogenated alkanes) is 1. The van der Waals surface area contributed by atoms with Crippen molar-refractivity contribution in [2.24, 2.45) is 11.5 Å². The molecule has 2 rings (SSSR count). The Morgan fingerprint density at radius 1 is 0.923 bits per heavy atom. The van der Waals surface area contributed by atoms with Crippen molar-refractivity contribution in [2.45, 2.75) is 69.3 Å². The molecule has 5 unspecified atom stereocenters. The number of aliphatic hydroxyl groups excluding tert-OH is 1. The Balaban J connectivity index is 2.30. The van der Waals surface area contributed by atoms with Crippen LogP contribution in [-0.2, 0) is 30.4 Å². The predicted molar refractivity (Wildman–Crippen MR) is 140 cm³/mol. The first-order valence-electron chi connectivity index (χ1n) is 12.5. The minimum Gasteiger partial charge on any atom is -0.481 e. The molecule has 3 amide bonds. The number of rotatable bonds is 16. The summed E-state index contributed by atoms with van der Waals surface area (Å²) in [6.07, 6.45) is 0.616. The second-order valence-electron chi connectivity index (χ2n) is 9.23. The highest BCUT2D eigenvalue weighted by molar-refractivity contribution is 5.95. The number of carboxylic acids is 2. The van der Waals surface area contributed by atoms with Gasteiger partial charge < -0.3 is 47.7 Å². The maximum Gasteiger partial charge on any atom is 0.326 e. The first-order valence-corrected chi connectivity index (χ1v) is 12.5. The van der Waals surface area contributed by atoms with E-state index in [9.17, 15) is 34.2 Å². The van der Waals surface area contributed by atoms with Crippen LogP contribution in [0.25, 0.3) is 10.9 Å². The van der Waals surface area contributed by atoms with Gasteiger partial charge in [0.2, 0.25) is 17.7 Å². The smallest absolute Gasteiger partial charge is 0.326 e. The average molecular weight is 549 g/mol. The molecule has 1 heterocycles. The van der Waals surface area contributed by atoms with E-state index < -0.39 is 66.4 Å². The minimum absolute atomic E-state index is 0.00200. The number of aliphatic carboxylic acids is 2. The maximum absolute atomic E-state index is 13.4. The molecule has 0 radical (unpaired) electrons. The Morgan fingerprint density at radius 2 is 1.54 bits per heavy atom. The Labute approximate surface area is 224 Å². The van der Waals surface area contributed by atoms with Crippen LogP contribution in [0.5, 0.6) is 0 Å². The van der Waals surface area contributed by atoms with Gasteiger partial charge in [0.05, 0.1) is 12.5 Å². The number of hydrogen-bond donors (Lipinski definition) is 9. The van der Waals surface area contributed by atoms with Gasteiger partial charge in [-0.15, -0.1) is 0 Å². The predicted octanol–water partition coefficient (Wildman–Crippen LogP) is -1.44. The second kappa shape index (κ2) is 14.8. The van der Waals surface area contributed by atoms with E-state index >= 15 is 0 Å². The lowest BCUT2D eigenvalue weighted by Gasteiger charge is -2.25. The summed E-state index contributed by atoms with van der Waals surface area (Å²) < 4.78 is 0. The lowest BCUT2D eigenvalue weighted by molar-refractivity contribution is -0.147. The van der Waals surface area contributed by atoms with Crippen LogP contribution >= 0.6 is 0 Å². The third-order valence-corrected chi connectivity index (χ3v) is 6.13. The van der Waals surface area contributed by atoms with E-state index in [1.165, 1.54) is 6.92 Å². The topological polar surface area (TPSA) is 250 Å². The van der Waals surface area contributed by atoms with Crippen LogP contribution in [0.1, 0.15) is 38.2 Å². The molecule has 11 N–H and O–H groups in total. The van der Waals surface area contributed by atoms with Crippen LogP contribution in [0.15, 0.2) is 30.5 Å². The number of nitrogens with one attached hydrogen (secondary N) is 4. The Morgan fingerprint density at radius 3 is 2.15 bits per heavy atom. The van der Waals surface area contributed by atoms with E-state index in [-0.39, 0.29) is 12.8 Å². The zero-order valence-electron chi connectivity index (χ0n) is 21.6. The van der Waals surface area contributed by atoms with Crippen LogP contribution in [-0.4, -0.2) is 86.8 Å². The van der Waals surface area contributed by atoms with Crippen molar-refractivity contribution in [1.82, 2.24) is 20.9 Å². The number of carbonyl (C=O) groups excluding carboxylic acids is 3. The minimum atomic E-state index is -1.71. The molecule has 0 aliphatic rings. The van der Waals surface area contributed by atoms with Crippen molar-refractivity contribution in [1.29, 1.82) is 0 Å². The van der Waals surface area contributed by atoms with Gasteiger partial charge >= 0.3 is 11.9 Å². The van der Waals surface area contributed by atoms with E-state index in [0.717, 1.165) is 10.9 Å². The number of amides is 3. The SMILES string of the molecule is CC(O)C(N)C(=O)NC(Cc1c[nH]c2ccccc12)C(=O)NC(CCCCN)C(=O)NC(CC(=O)O)C(=O)O. The molecule has 0 aliphatic carbocycles. The molecule has 2 aromatic rings. The molecule has 0 bridgehead atoms. The lowest BCUT2D eigenvalue weighted by Crippen LogP contribution is -2.58. The van der Waals surface area contributed by atoms with Crippen molar-refractivity contribution in [2.75, 3.05) is 6.54 Å². The second-order valence-corrected chi connectivity index (χ2v) is 9.23. The highest BCUT2D eigenvalue weighted by Crippen LogP contribution is 2.19. The summed E-state index contributed by atoms with van der Waals surface area (Å²) in [5.74, 6) is -5.42. The van der Waals surface area contributed by atoms with Crippen LogP contribution in [0.4, 0.5) is 0 Å². The molecule has 0 saturated heterocycles. The first kappa shape index (κ1) is 31.2. The van der Waals surface area contributed by atoms with Crippen LogP contribution in [0, 0.1) is 0 Å². The lowest BCUT2D eigenvalue weighted by atomic mass is 10.0. The van der Waals surface area contributed by atoms with E-state index in [4.69, 9.17) is 16.6 Å². The normalized spacial score (nSPS) is 15.0. The molecule has 1 aromatic carbocycles. The van der Waals surface area contributed by atoms with Gasteiger partial charge in [-0.2, -0.15) is 0 Å². The molecular formula is C25H36N6O8. The number of H-pyrrole nitrogens is 1. The zero-order valence-corrected chi connectivity index (χ0v) is 21.6. The van der Waals surface area contributed by atoms with Gasteiger partial charge in [0.25, 0.3) is 0 Å². The van der Waals surface area contributed by atoms with Crippen LogP contribution in [0.3, 0.4) is 0 Å². The summed E-state index contributed by atoms with van der Waals surface area (Å²) in [6, 6.07) is 1.81. The summed E-state index contributed by atoms with van der Waals surface area (Å²) in [6.45, 7) is 1.64. The first-order chi connectivity index (χ1) is 18.4. The molecule has 0 aliphatic heterocycles. The Bertz CT molecular complexity index is 1170. The van der Waals surface area contributed by atoms with Gasteiger partial charge in [-0.1, -0.05) is 18.2 Å². The van der Waals surface area contributed by atoms with E-state index in [1.807, 2.05) is 24.3 Å². The zero-order chi connectivity index (χ0) is 29.1. The summed E-state index contributed by atoms with van der Waals surface area (Å²) >= 11 is 0. The number of carboxylic acid groups (broad SMARTS) is 2. The van der Waals surface area contributed by atoms with Gasteiger partial charge in [-0.3, -0.25) is 19.2 Å². The van der Waals surface area contributed by atoms with Crippen LogP contribution < -0.4 is 27.4 Å². The van der Waals surface area contributed by atoms with Gasteiger partial charge in [0.15, 0.2) is 0 Å². The average Bonchev–Trinajstić information content (AvgIpc) is 3.29. The van der Waals surface area contributed by atoms with E-state index in [2.05, 4.69) is 20.9 Å². The van der Waals surface area contributed by atoms with Gasteiger partial charge in [0.1, 0.15) is 24.2 Å². The van der Waals surface area contributed by atoms with Crippen molar-refractivity contribution < 1.29 is 39.3 Å². The number of carbonyl (C=O) groups is 5. The number of aromatic nitrogens is 1. The summed E-state index contributed by atoms with van der Waals surface area (Å²) in [7, 11) is 0. The number of fused-ring (bicyclic) bond motifs is 1. The Hall–Kier alpha value is -4.01. The van der Waals surface area contributed by atoms with Crippen molar-refractivity contribution in [3.63, 3.8) is 0 Å². The highest BCUT2D eigenvalue weighted by Gasteiger charge is 2.32. The summed E-state index contributed by atoms with van der Waals surface area (Å²) in [5, 5.41) is 36.0. The van der Waals surface area contributed by atoms with Crippen molar-refractivity contribution in [3.05, 3.63) is 36.0 Å². The molecule has 14 nitrogen and oxygen atoms in total. The fraction of sp³-hybridized carbons (Fsp3) is 0.480. The number of benzene rings is 1. The fourth-order valence-corrected chi connectivity index (χ4v) is 3.90. The van der Waals surface area contributed by atoms with E-state index in [0.29, 0.717) is 24.9 Å². The largest absolute Gasteiger partial charge is 0.481 e. The highest BCUT2D eigenvalue weighted by atomic mass is 16.4. The molecule has 0 fully saturated rings. The quantitative estimate of drug-likeness (QED) is 0.110. The molecular weight excluding hydrogens is 512 g/mol. The molecule has 214 valence electrons. The standard InChI is InChI=1S/C25H36N6O8/c1-13(32)21(27)24(37)30-18(10-14-12-28-16-7-3-2-6-15(14)16)23(36)29-17(8-4-5-9-26)22(35)31-19(25(38)39)11-20(33)34/h2-3,6-7,12-13,17-19,21,28,32H,4-5,8-11,26-27H2,1H3,(H,29,36)(H,30,37)(H,31,35)(H,33,34)(H,38,39). The van der Waals surface area contributed by atoms with Gasteiger partial charge in [0, 0.05) is 23.5 Å². The third kappa shape index (κ3) is 9.35. The summed E-state index contributed by atoms with van der Waals surface area (Å²) in [4.78, 5) is 64.6. The number of aromatic amines is 1. The fourth-order valence-electron chi connectivity index (χ4n) is 3.90. The monoisotopic (exact) mass is 548 g/mol. The molecule has 5 atom stereocenters. The summed E-state index contributed by atoms with van der Waals surface area (Å²) in [5.41, 5.74) is 12.8.